The van der Waals surface area contributed by atoms with Crippen LogP contribution in [0.25, 0.3) is 0 Å². The van der Waals surface area contributed by atoms with Gasteiger partial charge in [-0.3, -0.25) is 0 Å². The highest BCUT2D eigenvalue weighted by Gasteiger charge is 2.33. The van der Waals surface area contributed by atoms with Gasteiger partial charge in [-0.2, -0.15) is 0 Å². The summed E-state index contributed by atoms with van der Waals surface area (Å²) >= 11 is 0. The Labute approximate surface area is 127 Å². The Morgan fingerprint density at radius 1 is 0.950 bits per heavy atom. The van der Waals surface area contributed by atoms with E-state index in [-0.39, 0.29) is 0 Å². The van der Waals surface area contributed by atoms with Crippen LogP contribution in [0.5, 0.6) is 0 Å². The molecular weight excluding hydrogens is 246 g/mol. The van der Waals surface area contributed by atoms with E-state index in [1.54, 1.807) is 0 Å². The molecule has 0 unspecified atom stereocenters. The van der Waals surface area contributed by atoms with Crippen molar-refractivity contribution in [3.8, 4) is 0 Å². The molecule has 0 aliphatic heterocycles. The van der Waals surface area contributed by atoms with Crippen molar-refractivity contribution >= 4 is 0 Å². The van der Waals surface area contributed by atoms with Gasteiger partial charge in [0.25, 0.3) is 0 Å². The highest BCUT2D eigenvalue weighted by Crippen LogP contribution is 2.36. The molecule has 0 saturated heterocycles. The first kappa shape index (κ1) is 17.9. The van der Waals surface area contributed by atoms with Gasteiger partial charge in [0.1, 0.15) is 0 Å². The molecule has 0 aromatic rings. The molecule has 0 spiro atoms. The van der Waals surface area contributed by atoms with Crippen LogP contribution in [0.3, 0.4) is 0 Å². The molecular formula is C17H37N3. The van der Waals surface area contributed by atoms with Crippen molar-refractivity contribution < 1.29 is 0 Å². The van der Waals surface area contributed by atoms with E-state index in [2.05, 4.69) is 43.1 Å². The maximum Gasteiger partial charge on any atom is 0.0109 e. The van der Waals surface area contributed by atoms with Crippen molar-refractivity contribution in [3.63, 3.8) is 0 Å². The summed E-state index contributed by atoms with van der Waals surface area (Å²) in [6.07, 6.45) is 8.41. The van der Waals surface area contributed by atoms with Crippen LogP contribution >= 0.6 is 0 Å². The van der Waals surface area contributed by atoms with Crippen LogP contribution in [0, 0.1) is 5.41 Å². The highest BCUT2D eigenvalue weighted by atomic mass is 15.2. The fourth-order valence-electron chi connectivity index (χ4n) is 3.48. The minimum atomic E-state index is 0.537. The third-order valence-corrected chi connectivity index (χ3v) is 4.63. The maximum atomic E-state index is 3.63. The molecule has 1 N–H and O–H groups in total. The van der Waals surface area contributed by atoms with Gasteiger partial charge in [-0.1, -0.05) is 33.1 Å². The lowest BCUT2D eigenvalue weighted by molar-refractivity contribution is 0.0977. The summed E-state index contributed by atoms with van der Waals surface area (Å²) in [6.45, 7) is 11.8. The van der Waals surface area contributed by atoms with Gasteiger partial charge in [0.2, 0.25) is 0 Å². The molecule has 1 aliphatic rings. The van der Waals surface area contributed by atoms with Crippen LogP contribution in [-0.4, -0.2) is 63.2 Å². The summed E-state index contributed by atoms with van der Waals surface area (Å²) in [6, 6.07) is 0. The monoisotopic (exact) mass is 283 g/mol. The fraction of sp³-hybridized carbons (Fsp3) is 1.00. The van der Waals surface area contributed by atoms with E-state index < -0.39 is 0 Å². The van der Waals surface area contributed by atoms with E-state index in [1.807, 2.05) is 0 Å². The number of nitrogens with zero attached hydrogens (tertiary/aromatic N) is 2. The summed E-state index contributed by atoms with van der Waals surface area (Å²) in [4.78, 5) is 5.02. The van der Waals surface area contributed by atoms with Crippen LogP contribution in [-0.2, 0) is 0 Å². The number of likely N-dealkylation sites (N-methyl/N-ethyl adjacent to an activating group) is 1. The third kappa shape index (κ3) is 6.55. The van der Waals surface area contributed by atoms with Gasteiger partial charge in [0.05, 0.1) is 0 Å². The SMILES string of the molecule is CCCN(CCN(C)C)CC1(CNCC)CCCCC1. The second-order valence-electron chi connectivity index (χ2n) is 6.92. The van der Waals surface area contributed by atoms with Crippen molar-refractivity contribution in [2.24, 2.45) is 5.41 Å². The zero-order valence-electron chi connectivity index (χ0n) is 14.4. The van der Waals surface area contributed by atoms with E-state index >= 15 is 0 Å². The Bertz CT molecular complexity index is 234. The number of hydrogen-bond acceptors (Lipinski definition) is 3. The van der Waals surface area contributed by atoms with Gasteiger partial charge in [0, 0.05) is 26.2 Å². The molecule has 0 heterocycles. The Hall–Kier alpha value is -0.120. The van der Waals surface area contributed by atoms with E-state index in [1.165, 1.54) is 71.2 Å². The smallest absolute Gasteiger partial charge is 0.0109 e. The third-order valence-electron chi connectivity index (χ3n) is 4.63. The van der Waals surface area contributed by atoms with Gasteiger partial charge >= 0.3 is 0 Å². The first-order valence-corrected chi connectivity index (χ1v) is 8.69. The van der Waals surface area contributed by atoms with Crippen molar-refractivity contribution in [2.45, 2.75) is 52.4 Å². The van der Waals surface area contributed by atoms with E-state index in [4.69, 9.17) is 0 Å². The molecule has 1 saturated carbocycles. The van der Waals surface area contributed by atoms with E-state index in [0.29, 0.717) is 5.41 Å². The van der Waals surface area contributed by atoms with Crippen molar-refractivity contribution in [2.75, 3.05) is 53.4 Å². The van der Waals surface area contributed by atoms with E-state index in [9.17, 15) is 0 Å². The quantitative estimate of drug-likeness (QED) is 0.665. The minimum absolute atomic E-state index is 0.537. The molecule has 0 bridgehead atoms. The average Bonchev–Trinajstić information content (AvgIpc) is 2.44. The maximum absolute atomic E-state index is 3.63. The average molecular weight is 284 g/mol. The Balaban J connectivity index is 2.57. The predicted octanol–water partition coefficient (Wildman–Crippen LogP) is 2.82. The lowest BCUT2D eigenvalue weighted by Crippen LogP contribution is -2.47. The molecule has 20 heavy (non-hydrogen) atoms. The normalized spacial score (nSPS) is 18.9. The molecule has 0 amide bonds. The molecule has 0 radical (unpaired) electrons. The highest BCUT2D eigenvalue weighted by molar-refractivity contribution is 4.88. The van der Waals surface area contributed by atoms with Crippen LogP contribution in [0.4, 0.5) is 0 Å². The molecule has 120 valence electrons. The second kappa shape index (κ2) is 9.75. The Kier molecular flexibility index (Phi) is 8.74. The molecule has 1 rings (SSSR count). The molecule has 0 aromatic carbocycles. The Morgan fingerprint density at radius 2 is 1.65 bits per heavy atom. The zero-order chi connectivity index (χ0) is 14.8. The molecule has 0 aromatic heterocycles. The molecule has 1 fully saturated rings. The van der Waals surface area contributed by atoms with Crippen molar-refractivity contribution in [3.05, 3.63) is 0 Å². The lowest BCUT2D eigenvalue weighted by atomic mass is 9.73. The van der Waals surface area contributed by atoms with Gasteiger partial charge in [-0.15, -0.1) is 0 Å². The predicted molar refractivity (Wildman–Crippen MR) is 89.3 cm³/mol. The summed E-state index contributed by atoms with van der Waals surface area (Å²) in [5.74, 6) is 0. The van der Waals surface area contributed by atoms with Gasteiger partial charge in [-0.25, -0.2) is 0 Å². The minimum Gasteiger partial charge on any atom is -0.316 e. The van der Waals surface area contributed by atoms with Crippen molar-refractivity contribution in [1.29, 1.82) is 0 Å². The molecule has 3 nitrogen and oxygen atoms in total. The summed E-state index contributed by atoms with van der Waals surface area (Å²) in [5.41, 5.74) is 0.537. The second-order valence-corrected chi connectivity index (χ2v) is 6.92. The summed E-state index contributed by atoms with van der Waals surface area (Å²) < 4.78 is 0. The summed E-state index contributed by atoms with van der Waals surface area (Å²) in [7, 11) is 4.36. The van der Waals surface area contributed by atoms with Crippen molar-refractivity contribution in [1.82, 2.24) is 15.1 Å². The fourth-order valence-corrected chi connectivity index (χ4v) is 3.48. The molecule has 1 aliphatic carbocycles. The standard InChI is InChI=1S/C17H37N3/c1-5-12-20(14-13-19(3)4)16-17(15-18-6-2)10-8-7-9-11-17/h18H,5-16H2,1-4H3. The van der Waals surface area contributed by atoms with Crippen LogP contribution < -0.4 is 5.32 Å². The van der Waals surface area contributed by atoms with Gasteiger partial charge in [0.15, 0.2) is 0 Å². The lowest BCUT2D eigenvalue weighted by Gasteiger charge is -2.41. The topological polar surface area (TPSA) is 18.5 Å². The zero-order valence-corrected chi connectivity index (χ0v) is 14.4. The van der Waals surface area contributed by atoms with Gasteiger partial charge < -0.3 is 15.1 Å². The first-order valence-electron chi connectivity index (χ1n) is 8.69. The Morgan fingerprint density at radius 3 is 2.20 bits per heavy atom. The number of rotatable bonds is 10. The van der Waals surface area contributed by atoms with E-state index in [0.717, 1.165) is 6.54 Å². The molecule has 3 heteroatoms. The van der Waals surface area contributed by atoms with Gasteiger partial charge in [-0.05, 0) is 51.9 Å². The number of nitrogens with one attached hydrogen (secondary N) is 1. The molecule has 0 atom stereocenters. The number of hydrogen-bond donors (Lipinski definition) is 1. The van der Waals surface area contributed by atoms with Crippen LogP contribution in [0.2, 0.25) is 0 Å². The van der Waals surface area contributed by atoms with Crippen LogP contribution in [0.1, 0.15) is 52.4 Å². The largest absolute Gasteiger partial charge is 0.316 e. The first-order chi connectivity index (χ1) is 9.62. The summed E-state index contributed by atoms with van der Waals surface area (Å²) in [5, 5.41) is 3.63. The van der Waals surface area contributed by atoms with Crippen LogP contribution in [0.15, 0.2) is 0 Å².